The van der Waals surface area contributed by atoms with Gasteiger partial charge in [0.2, 0.25) is 11.8 Å². The van der Waals surface area contributed by atoms with Gasteiger partial charge in [-0.3, -0.25) is 19.1 Å². The topological polar surface area (TPSA) is 74.9 Å². The molecule has 6 nitrogen and oxygen atoms in total. The standard InChI is InChI=1S/C23H14F3N3O3S2/c24-23(25,26)13-4-3-5-14(9-13)28-19(30)10-17(20(28)31)29-21(32)18(34-22(29)33)8-12-11-27-16-7-2-1-6-15(12)16/h1-9,11,17,32H,10H2/b12-8-. The number of aliphatic imine (C=N–C) groups is 1. The van der Waals surface area contributed by atoms with E-state index in [1.165, 1.54) is 10.6 Å². The maximum atomic E-state index is 13.1. The molecule has 1 saturated heterocycles. The molecule has 0 spiro atoms. The summed E-state index contributed by atoms with van der Waals surface area (Å²) in [5.74, 6) is -1.74. The molecule has 0 bridgehead atoms. The molecule has 0 saturated carbocycles. The van der Waals surface area contributed by atoms with E-state index in [1.54, 1.807) is 12.3 Å². The van der Waals surface area contributed by atoms with Gasteiger partial charge in [-0.15, -0.1) is 11.3 Å². The molecular weight excluding hydrogens is 487 g/mol. The lowest BCUT2D eigenvalue weighted by molar-refractivity contribution is -0.137. The van der Waals surface area contributed by atoms with Gasteiger partial charge in [-0.05, 0) is 42.6 Å². The number of fused-ring (bicyclic) bond motifs is 1. The summed E-state index contributed by atoms with van der Waals surface area (Å²) in [7, 11) is 0. The SMILES string of the molecule is O=C1CC(n2c(O)c(/C=C3/C=Nc4ccccc43)sc2=S)C(=O)N1c1cccc(C(F)(F)F)c1. The summed E-state index contributed by atoms with van der Waals surface area (Å²) >= 11 is 6.41. The number of allylic oxidation sites excluding steroid dienone is 1. The zero-order chi connectivity index (χ0) is 24.2. The normalized spacial score (nSPS) is 18.9. The van der Waals surface area contributed by atoms with E-state index in [0.717, 1.165) is 46.4 Å². The Labute approximate surface area is 199 Å². The number of aromatic hydroxyl groups is 1. The van der Waals surface area contributed by atoms with E-state index in [1.807, 2.05) is 24.3 Å². The van der Waals surface area contributed by atoms with Crippen LogP contribution in [0.3, 0.4) is 0 Å². The van der Waals surface area contributed by atoms with Crippen molar-refractivity contribution in [3.8, 4) is 5.88 Å². The van der Waals surface area contributed by atoms with Crippen molar-refractivity contribution in [2.45, 2.75) is 18.6 Å². The van der Waals surface area contributed by atoms with Crippen LogP contribution >= 0.6 is 23.6 Å². The maximum Gasteiger partial charge on any atom is 0.416 e. The van der Waals surface area contributed by atoms with Gasteiger partial charge in [-0.1, -0.05) is 24.3 Å². The Balaban J connectivity index is 1.50. The van der Waals surface area contributed by atoms with Gasteiger partial charge in [0, 0.05) is 17.4 Å². The molecule has 172 valence electrons. The summed E-state index contributed by atoms with van der Waals surface area (Å²) in [4.78, 5) is 31.2. The molecule has 0 aliphatic carbocycles. The van der Waals surface area contributed by atoms with Crippen molar-refractivity contribution >= 4 is 64.6 Å². The number of aromatic nitrogens is 1. The van der Waals surface area contributed by atoms with Crippen LogP contribution in [0.15, 0.2) is 53.5 Å². The minimum atomic E-state index is -4.63. The Morgan fingerprint density at radius 3 is 2.68 bits per heavy atom. The van der Waals surface area contributed by atoms with Crippen molar-refractivity contribution < 1.29 is 27.9 Å². The van der Waals surface area contributed by atoms with Gasteiger partial charge in [0.05, 0.1) is 28.2 Å². The quantitative estimate of drug-likeness (QED) is 0.366. The largest absolute Gasteiger partial charge is 0.493 e. The average molecular weight is 502 g/mol. The van der Waals surface area contributed by atoms with Crippen molar-refractivity contribution in [3.63, 3.8) is 0 Å². The number of carbonyl (C=O) groups is 2. The molecule has 2 aromatic carbocycles. The highest BCUT2D eigenvalue weighted by Gasteiger charge is 2.43. The molecule has 1 unspecified atom stereocenters. The first kappa shape index (κ1) is 22.2. The Kier molecular flexibility index (Phi) is 5.25. The van der Waals surface area contributed by atoms with E-state index in [9.17, 15) is 27.9 Å². The minimum absolute atomic E-state index is 0.157. The molecule has 0 radical (unpaired) electrons. The highest BCUT2D eigenvalue weighted by Crippen LogP contribution is 2.40. The van der Waals surface area contributed by atoms with E-state index in [-0.39, 0.29) is 21.9 Å². The molecule has 2 amide bonds. The number of para-hydroxylation sites is 1. The molecule has 1 atom stereocenters. The van der Waals surface area contributed by atoms with E-state index in [4.69, 9.17) is 12.2 Å². The molecule has 3 heterocycles. The number of nitrogens with zero attached hydrogens (tertiary/aromatic N) is 3. The Hall–Kier alpha value is -3.57. The third-order valence-electron chi connectivity index (χ3n) is 5.55. The number of rotatable bonds is 3. The first-order valence-corrected chi connectivity index (χ1v) is 11.2. The summed E-state index contributed by atoms with van der Waals surface area (Å²) in [6.07, 6.45) is -1.63. The molecule has 5 rings (SSSR count). The molecule has 1 fully saturated rings. The lowest BCUT2D eigenvalue weighted by atomic mass is 10.1. The zero-order valence-corrected chi connectivity index (χ0v) is 18.7. The zero-order valence-electron chi connectivity index (χ0n) is 17.1. The van der Waals surface area contributed by atoms with Crippen molar-refractivity contribution in [1.29, 1.82) is 0 Å². The van der Waals surface area contributed by atoms with Crippen molar-refractivity contribution in [2.75, 3.05) is 4.90 Å². The van der Waals surface area contributed by atoms with E-state index < -0.39 is 29.6 Å². The summed E-state index contributed by atoms with van der Waals surface area (Å²) in [5, 5.41) is 10.9. The lowest BCUT2D eigenvalue weighted by Crippen LogP contribution is -2.31. The minimum Gasteiger partial charge on any atom is -0.493 e. The van der Waals surface area contributed by atoms with Crippen LogP contribution in [-0.4, -0.2) is 27.7 Å². The Morgan fingerprint density at radius 2 is 1.91 bits per heavy atom. The van der Waals surface area contributed by atoms with Gasteiger partial charge < -0.3 is 5.11 Å². The summed E-state index contributed by atoms with van der Waals surface area (Å²) in [6.45, 7) is 0. The van der Waals surface area contributed by atoms with Crippen LogP contribution in [-0.2, 0) is 15.8 Å². The third kappa shape index (κ3) is 3.66. The second-order valence-corrected chi connectivity index (χ2v) is 9.31. The van der Waals surface area contributed by atoms with Crippen molar-refractivity contribution in [2.24, 2.45) is 4.99 Å². The first-order chi connectivity index (χ1) is 16.1. The molecular formula is C23H14F3N3O3S2. The van der Waals surface area contributed by atoms with Crippen LogP contribution in [0.25, 0.3) is 11.6 Å². The van der Waals surface area contributed by atoms with Crippen LogP contribution in [0, 0.1) is 3.95 Å². The molecule has 34 heavy (non-hydrogen) atoms. The predicted molar refractivity (Wildman–Crippen MR) is 125 cm³/mol. The van der Waals surface area contributed by atoms with Crippen molar-refractivity contribution in [1.82, 2.24) is 4.57 Å². The van der Waals surface area contributed by atoms with Crippen molar-refractivity contribution in [3.05, 3.63) is 68.5 Å². The van der Waals surface area contributed by atoms with Gasteiger partial charge in [-0.2, -0.15) is 13.2 Å². The summed E-state index contributed by atoms with van der Waals surface area (Å²) in [5.41, 5.74) is 1.24. The number of benzene rings is 2. The number of amides is 2. The molecule has 1 N–H and O–H groups in total. The Bertz CT molecular complexity index is 1470. The average Bonchev–Trinajstić information content (AvgIpc) is 3.41. The number of hydrogen-bond donors (Lipinski definition) is 1. The Morgan fingerprint density at radius 1 is 1.15 bits per heavy atom. The molecule has 3 aromatic rings. The summed E-state index contributed by atoms with van der Waals surface area (Å²) < 4.78 is 40.7. The third-order valence-corrected chi connectivity index (χ3v) is 6.89. The molecule has 1 aromatic heterocycles. The number of thiazole rings is 1. The number of halogens is 3. The smallest absolute Gasteiger partial charge is 0.416 e. The molecule has 2 aliphatic heterocycles. The molecule has 11 heteroatoms. The van der Waals surface area contributed by atoms with Crippen LogP contribution < -0.4 is 4.90 Å². The fourth-order valence-electron chi connectivity index (χ4n) is 3.97. The molecule has 2 aliphatic rings. The van der Waals surface area contributed by atoms with Crippen LogP contribution in [0.2, 0.25) is 0 Å². The monoisotopic (exact) mass is 501 g/mol. The maximum absolute atomic E-state index is 13.1. The predicted octanol–water partition coefficient (Wildman–Crippen LogP) is 5.76. The van der Waals surface area contributed by atoms with Gasteiger partial charge in [0.25, 0.3) is 5.91 Å². The fourth-order valence-corrected chi connectivity index (χ4v) is 5.33. The number of carbonyl (C=O) groups excluding carboxylic acids is 2. The van der Waals surface area contributed by atoms with Gasteiger partial charge in [0.15, 0.2) is 3.95 Å². The van der Waals surface area contributed by atoms with Gasteiger partial charge >= 0.3 is 6.18 Å². The number of alkyl halides is 3. The van der Waals surface area contributed by atoms with Crippen LogP contribution in [0.5, 0.6) is 5.88 Å². The highest BCUT2D eigenvalue weighted by atomic mass is 32.1. The second kappa shape index (κ2) is 8.03. The first-order valence-electron chi connectivity index (χ1n) is 9.98. The van der Waals surface area contributed by atoms with E-state index in [0.29, 0.717) is 9.78 Å². The number of imide groups is 1. The summed E-state index contributed by atoms with van der Waals surface area (Å²) in [6, 6.07) is 10.3. The van der Waals surface area contributed by atoms with Gasteiger partial charge in [0.1, 0.15) is 6.04 Å². The number of hydrogen-bond acceptors (Lipinski definition) is 6. The highest BCUT2D eigenvalue weighted by molar-refractivity contribution is 7.73. The van der Waals surface area contributed by atoms with Crippen LogP contribution in [0.1, 0.15) is 28.5 Å². The number of anilines is 1. The lowest BCUT2D eigenvalue weighted by Gasteiger charge is -2.17. The van der Waals surface area contributed by atoms with E-state index in [2.05, 4.69) is 4.99 Å². The van der Waals surface area contributed by atoms with Gasteiger partial charge in [-0.25, -0.2) is 4.90 Å². The van der Waals surface area contributed by atoms with Crippen LogP contribution in [0.4, 0.5) is 24.5 Å². The fraction of sp³-hybridized carbons (Fsp3) is 0.130. The second-order valence-electron chi connectivity index (χ2n) is 7.64. The van der Waals surface area contributed by atoms with E-state index >= 15 is 0 Å².